The zero-order chi connectivity index (χ0) is 31.9. The number of nitrogens with zero attached hydrogens (tertiary/aromatic N) is 4. The number of benzene rings is 3. The summed E-state index contributed by atoms with van der Waals surface area (Å²) < 4.78 is 33.9. The van der Waals surface area contributed by atoms with Crippen molar-refractivity contribution in [1.82, 2.24) is 14.8 Å². The van der Waals surface area contributed by atoms with E-state index in [0.29, 0.717) is 35.6 Å². The monoisotopic (exact) mass is 639 g/mol. The number of sulfonamides is 1. The summed E-state index contributed by atoms with van der Waals surface area (Å²) in [6.45, 7) is 8.18. The Morgan fingerprint density at radius 2 is 1.54 bits per heavy atom. The van der Waals surface area contributed by atoms with Crippen molar-refractivity contribution in [2.45, 2.75) is 37.6 Å². The van der Waals surface area contributed by atoms with Gasteiger partial charge in [0.15, 0.2) is 0 Å². The number of carbonyl (C=O) groups is 1. The SMILES string of the molecule is Cc1ccc(NS(=O)(=O)c2ccc(Oc3ccc(N4CCC(CC(=O)N5CCN(Cc6ccccc6)CC5)CC4)cc3)nc2)cc1. The first kappa shape index (κ1) is 31.6. The van der Waals surface area contributed by atoms with E-state index in [2.05, 4.69) is 48.7 Å². The van der Waals surface area contributed by atoms with Gasteiger partial charge in [0, 0.05) is 69.7 Å². The second-order valence-electron chi connectivity index (χ2n) is 12.2. The fourth-order valence-corrected chi connectivity index (χ4v) is 7.04. The highest BCUT2D eigenvalue weighted by molar-refractivity contribution is 7.92. The van der Waals surface area contributed by atoms with Crippen LogP contribution in [-0.4, -0.2) is 68.4 Å². The van der Waals surface area contributed by atoms with Gasteiger partial charge in [0.25, 0.3) is 10.0 Å². The largest absolute Gasteiger partial charge is 0.439 e. The number of aryl methyl sites for hydroxylation is 1. The lowest BCUT2D eigenvalue weighted by molar-refractivity contribution is -0.134. The van der Waals surface area contributed by atoms with E-state index in [4.69, 9.17) is 4.74 Å². The Balaban J connectivity index is 0.934. The van der Waals surface area contributed by atoms with Crippen LogP contribution in [0.25, 0.3) is 0 Å². The molecule has 1 amide bonds. The molecule has 6 rings (SSSR count). The molecule has 0 saturated carbocycles. The molecule has 1 N–H and O–H groups in total. The maximum atomic E-state index is 13.1. The highest BCUT2D eigenvalue weighted by Gasteiger charge is 2.26. The molecule has 3 heterocycles. The molecule has 0 unspecified atom stereocenters. The van der Waals surface area contributed by atoms with Crippen LogP contribution < -0.4 is 14.4 Å². The number of piperidine rings is 1. The highest BCUT2D eigenvalue weighted by Crippen LogP contribution is 2.29. The molecule has 4 aromatic rings. The molecule has 2 saturated heterocycles. The third-order valence-electron chi connectivity index (χ3n) is 8.80. The van der Waals surface area contributed by atoms with E-state index in [1.807, 2.05) is 49.4 Å². The van der Waals surface area contributed by atoms with Crippen LogP contribution in [-0.2, 0) is 21.4 Å². The van der Waals surface area contributed by atoms with Crippen LogP contribution in [0.15, 0.2) is 102 Å². The highest BCUT2D eigenvalue weighted by atomic mass is 32.2. The van der Waals surface area contributed by atoms with Gasteiger partial charge in [0.2, 0.25) is 11.8 Å². The number of ether oxygens (including phenoxy) is 1. The summed E-state index contributed by atoms with van der Waals surface area (Å²) in [4.78, 5) is 24.2. The smallest absolute Gasteiger partial charge is 0.263 e. The van der Waals surface area contributed by atoms with E-state index in [9.17, 15) is 13.2 Å². The molecule has 10 heteroatoms. The van der Waals surface area contributed by atoms with Crippen molar-refractivity contribution in [3.63, 3.8) is 0 Å². The molecule has 0 atom stereocenters. The number of amides is 1. The first-order valence-electron chi connectivity index (χ1n) is 15.9. The van der Waals surface area contributed by atoms with E-state index in [-0.39, 0.29) is 4.90 Å². The van der Waals surface area contributed by atoms with Crippen molar-refractivity contribution in [1.29, 1.82) is 0 Å². The minimum Gasteiger partial charge on any atom is -0.439 e. The Morgan fingerprint density at radius 1 is 0.848 bits per heavy atom. The Bertz CT molecular complexity index is 1680. The van der Waals surface area contributed by atoms with Gasteiger partial charge in [-0.15, -0.1) is 0 Å². The van der Waals surface area contributed by atoms with E-state index < -0.39 is 10.0 Å². The van der Waals surface area contributed by atoms with Crippen molar-refractivity contribution >= 4 is 27.3 Å². The number of pyridine rings is 1. The van der Waals surface area contributed by atoms with Crippen molar-refractivity contribution in [3.05, 3.63) is 108 Å². The zero-order valence-corrected chi connectivity index (χ0v) is 27.0. The summed E-state index contributed by atoms with van der Waals surface area (Å²) >= 11 is 0. The predicted octanol–water partition coefficient (Wildman–Crippen LogP) is 5.93. The topological polar surface area (TPSA) is 95.1 Å². The van der Waals surface area contributed by atoms with Gasteiger partial charge in [-0.1, -0.05) is 48.0 Å². The van der Waals surface area contributed by atoms with E-state index >= 15 is 0 Å². The maximum absolute atomic E-state index is 13.1. The van der Waals surface area contributed by atoms with Gasteiger partial charge in [-0.3, -0.25) is 14.4 Å². The van der Waals surface area contributed by atoms with Crippen molar-refractivity contribution < 1.29 is 17.9 Å². The molecule has 0 aliphatic carbocycles. The van der Waals surface area contributed by atoms with Crippen molar-refractivity contribution in [2.24, 2.45) is 5.92 Å². The summed E-state index contributed by atoms with van der Waals surface area (Å²) in [5, 5.41) is 0. The lowest BCUT2D eigenvalue weighted by atomic mass is 9.92. The zero-order valence-electron chi connectivity index (χ0n) is 26.2. The minimum absolute atomic E-state index is 0.0577. The quantitative estimate of drug-likeness (QED) is 0.230. The van der Waals surface area contributed by atoms with Crippen LogP contribution >= 0.6 is 0 Å². The number of carbonyl (C=O) groups excluding carboxylic acids is 1. The second kappa shape index (κ2) is 14.3. The first-order chi connectivity index (χ1) is 22.3. The summed E-state index contributed by atoms with van der Waals surface area (Å²) in [5.41, 5.74) is 3.98. The van der Waals surface area contributed by atoms with Crippen molar-refractivity contribution in [2.75, 3.05) is 48.9 Å². The molecule has 3 aromatic carbocycles. The molecule has 2 fully saturated rings. The third kappa shape index (κ3) is 8.24. The van der Waals surface area contributed by atoms with E-state index in [1.54, 1.807) is 18.2 Å². The average Bonchev–Trinajstić information content (AvgIpc) is 3.07. The van der Waals surface area contributed by atoms with Crippen LogP contribution in [0.2, 0.25) is 0 Å². The number of piperazine rings is 1. The maximum Gasteiger partial charge on any atom is 0.263 e. The Morgan fingerprint density at radius 3 is 2.20 bits per heavy atom. The summed E-state index contributed by atoms with van der Waals surface area (Å²) in [5.74, 6) is 1.64. The van der Waals surface area contributed by atoms with Crippen LogP contribution in [0.4, 0.5) is 11.4 Å². The number of nitrogens with one attached hydrogen (secondary N) is 1. The number of rotatable bonds is 10. The molecular formula is C36H41N5O4S. The standard InChI is InChI=1S/C36H41N5O4S/c1-28-7-9-31(10-8-28)38-46(43,44)34-15-16-35(37-26-34)45-33-13-11-32(12-14-33)40-19-17-29(18-20-40)25-36(42)41-23-21-39(22-24-41)27-30-5-3-2-4-6-30/h2-16,26,29,38H,17-25,27H2,1H3. The van der Waals surface area contributed by atoms with Gasteiger partial charge in [-0.2, -0.15) is 0 Å². The van der Waals surface area contributed by atoms with Crippen LogP contribution in [0, 0.1) is 12.8 Å². The molecule has 1 aromatic heterocycles. The van der Waals surface area contributed by atoms with Gasteiger partial charge < -0.3 is 14.5 Å². The summed E-state index contributed by atoms with van der Waals surface area (Å²) in [6.07, 6.45) is 3.92. The number of aromatic nitrogens is 1. The summed E-state index contributed by atoms with van der Waals surface area (Å²) in [6, 6.07) is 28.5. The van der Waals surface area contributed by atoms with Gasteiger partial charge in [-0.05, 0) is 73.7 Å². The Labute approximate surface area is 271 Å². The molecule has 2 aliphatic heterocycles. The fourth-order valence-electron chi connectivity index (χ4n) is 6.04. The van der Waals surface area contributed by atoms with Gasteiger partial charge in [-0.25, -0.2) is 13.4 Å². The predicted molar refractivity (Wildman–Crippen MR) is 181 cm³/mol. The molecular weight excluding hydrogens is 598 g/mol. The molecule has 9 nitrogen and oxygen atoms in total. The van der Waals surface area contributed by atoms with Crippen LogP contribution in [0.5, 0.6) is 11.6 Å². The van der Waals surface area contributed by atoms with Gasteiger partial charge in [0.05, 0.1) is 6.20 Å². The van der Waals surface area contributed by atoms with Gasteiger partial charge in [0.1, 0.15) is 10.6 Å². The number of anilines is 2. The van der Waals surface area contributed by atoms with E-state index in [1.165, 1.54) is 17.8 Å². The normalized spacial score (nSPS) is 16.3. The van der Waals surface area contributed by atoms with Crippen LogP contribution in [0.1, 0.15) is 30.4 Å². The lowest BCUT2D eigenvalue weighted by Crippen LogP contribution is -2.48. The van der Waals surface area contributed by atoms with Crippen molar-refractivity contribution in [3.8, 4) is 11.6 Å². The third-order valence-corrected chi connectivity index (χ3v) is 10.2. The summed E-state index contributed by atoms with van der Waals surface area (Å²) in [7, 11) is -3.76. The average molecular weight is 640 g/mol. The van der Waals surface area contributed by atoms with Crippen LogP contribution in [0.3, 0.4) is 0 Å². The number of hydrogen-bond acceptors (Lipinski definition) is 7. The molecule has 0 spiro atoms. The second-order valence-corrected chi connectivity index (χ2v) is 13.9. The minimum atomic E-state index is -3.76. The lowest BCUT2D eigenvalue weighted by Gasteiger charge is -2.37. The Hall–Kier alpha value is -4.41. The molecule has 2 aliphatic rings. The molecule has 0 radical (unpaired) electrons. The molecule has 240 valence electrons. The van der Waals surface area contributed by atoms with Gasteiger partial charge >= 0.3 is 0 Å². The Kier molecular flexibility index (Phi) is 9.85. The van der Waals surface area contributed by atoms with E-state index in [0.717, 1.165) is 69.9 Å². The number of hydrogen-bond donors (Lipinski definition) is 1. The molecule has 46 heavy (non-hydrogen) atoms. The fraction of sp³-hybridized carbons (Fsp3) is 0.333. The molecule has 0 bridgehead atoms. The first-order valence-corrected chi connectivity index (χ1v) is 17.4.